The molecule has 0 radical (unpaired) electrons. The monoisotopic (exact) mass is 355 g/mol. The van der Waals surface area contributed by atoms with Crippen LogP contribution < -0.4 is 5.32 Å². The molecule has 1 aromatic heterocycles. The number of benzene rings is 1. The molecule has 7 heteroatoms. The third-order valence-corrected chi connectivity index (χ3v) is 5.82. The molecule has 1 aliphatic carbocycles. The fourth-order valence-electron chi connectivity index (χ4n) is 4.35. The molecule has 2 heterocycles. The Morgan fingerprint density at radius 3 is 2.96 bits per heavy atom. The predicted octanol–water partition coefficient (Wildman–Crippen LogP) is 3.37. The second-order valence-electron chi connectivity index (χ2n) is 7.18. The van der Waals surface area contributed by atoms with Gasteiger partial charge in [-0.25, -0.2) is 9.78 Å². The van der Waals surface area contributed by atoms with Gasteiger partial charge in [-0.1, -0.05) is 12.5 Å². The number of nitrogens with zero attached hydrogens (tertiary/aromatic N) is 2. The highest BCUT2D eigenvalue weighted by atomic mass is 16.4. The van der Waals surface area contributed by atoms with Crippen LogP contribution in [0, 0.1) is 18.3 Å². The summed E-state index contributed by atoms with van der Waals surface area (Å²) in [5.74, 6) is -0.234. The zero-order valence-corrected chi connectivity index (χ0v) is 14.6. The molecule has 7 nitrogen and oxygen atoms in total. The number of hydrogen-bond donors (Lipinski definition) is 2. The van der Waals surface area contributed by atoms with E-state index in [4.69, 9.17) is 4.42 Å². The van der Waals surface area contributed by atoms with Gasteiger partial charge in [-0.3, -0.25) is 4.79 Å². The van der Waals surface area contributed by atoms with Crippen molar-refractivity contribution >= 4 is 17.7 Å². The molecule has 1 saturated heterocycles. The molecular weight excluding hydrogens is 334 g/mol. The number of carbonyl (C=O) groups is 2. The molecular formula is C19H21N3O4. The van der Waals surface area contributed by atoms with E-state index in [1.807, 2.05) is 25.1 Å². The van der Waals surface area contributed by atoms with Crippen molar-refractivity contribution < 1.29 is 19.1 Å². The van der Waals surface area contributed by atoms with E-state index in [0.717, 1.165) is 24.0 Å². The van der Waals surface area contributed by atoms with E-state index >= 15 is 0 Å². The number of rotatable bonds is 3. The molecule has 0 bridgehead atoms. The molecule has 4 rings (SSSR count). The van der Waals surface area contributed by atoms with Crippen molar-refractivity contribution in [3.63, 3.8) is 0 Å². The van der Waals surface area contributed by atoms with E-state index in [-0.39, 0.29) is 18.5 Å². The van der Waals surface area contributed by atoms with Crippen molar-refractivity contribution in [3.8, 4) is 11.5 Å². The normalized spacial score (nSPS) is 24.5. The molecule has 2 aromatic rings. The van der Waals surface area contributed by atoms with Gasteiger partial charge in [-0.05, 0) is 43.4 Å². The van der Waals surface area contributed by atoms with Gasteiger partial charge in [0.25, 0.3) is 0 Å². The zero-order valence-electron chi connectivity index (χ0n) is 14.6. The van der Waals surface area contributed by atoms with Crippen LogP contribution in [0.15, 0.2) is 35.1 Å². The van der Waals surface area contributed by atoms with E-state index in [9.17, 15) is 14.7 Å². The highest BCUT2D eigenvalue weighted by Crippen LogP contribution is 2.49. The first-order chi connectivity index (χ1) is 12.5. The molecule has 1 saturated carbocycles. The minimum absolute atomic E-state index is 0.0468. The Kier molecular flexibility index (Phi) is 3.94. The third kappa shape index (κ3) is 2.55. The summed E-state index contributed by atoms with van der Waals surface area (Å²) in [7, 11) is 0. The summed E-state index contributed by atoms with van der Waals surface area (Å²) in [6, 6.07) is 5.28. The van der Waals surface area contributed by atoms with E-state index < -0.39 is 11.4 Å². The lowest BCUT2D eigenvalue weighted by atomic mass is 9.81. The molecule has 2 fully saturated rings. The lowest BCUT2D eigenvalue weighted by Crippen LogP contribution is -2.38. The van der Waals surface area contributed by atoms with Gasteiger partial charge < -0.3 is 19.7 Å². The number of fused-ring (bicyclic) bond motifs is 1. The molecule has 2 atom stereocenters. The first-order valence-corrected chi connectivity index (χ1v) is 8.80. The Balaban J connectivity index is 1.53. The van der Waals surface area contributed by atoms with Crippen LogP contribution in [0.2, 0.25) is 0 Å². The van der Waals surface area contributed by atoms with Crippen LogP contribution in [-0.4, -0.2) is 40.1 Å². The number of amides is 2. The first kappa shape index (κ1) is 16.6. The molecule has 2 N–H and O–H groups in total. The number of anilines is 1. The van der Waals surface area contributed by atoms with Gasteiger partial charge in [0.05, 0.1) is 11.6 Å². The molecule has 1 aromatic carbocycles. The molecule has 26 heavy (non-hydrogen) atoms. The molecule has 0 spiro atoms. The van der Waals surface area contributed by atoms with Gasteiger partial charge in [0, 0.05) is 24.3 Å². The summed E-state index contributed by atoms with van der Waals surface area (Å²) >= 11 is 0. The predicted molar refractivity (Wildman–Crippen MR) is 94.7 cm³/mol. The van der Waals surface area contributed by atoms with Gasteiger partial charge in [-0.15, -0.1) is 0 Å². The van der Waals surface area contributed by atoms with Crippen molar-refractivity contribution in [1.29, 1.82) is 0 Å². The van der Waals surface area contributed by atoms with Gasteiger partial charge in [0.15, 0.2) is 0 Å². The average molecular weight is 355 g/mol. The SMILES string of the molecule is Cc1c(NC(=O)N2C[C@@H]3CCC[C@@]3(C(=O)O)C2)cccc1-c1ncco1. The largest absolute Gasteiger partial charge is 0.481 e. The smallest absolute Gasteiger partial charge is 0.321 e. The number of hydrogen-bond acceptors (Lipinski definition) is 4. The molecule has 2 aliphatic rings. The standard InChI is InChI=1S/C19H21N3O4/c1-12-14(16-20-8-9-26-16)5-2-6-15(12)21-18(25)22-10-13-4-3-7-19(13,11-22)17(23)24/h2,5-6,8-9,13H,3-4,7,10-11H2,1H3,(H,21,25)(H,23,24)/t13-,19+/m0/s1. The third-order valence-electron chi connectivity index (χ3n) is 5.82. The molecule has 2 amide bonds. The Morgan fingerprint density at radius 1 is 1.42 bits per heavy atom. The van der Waals surface area contributed by atoms with Crippen LogP contribution in [0.3, 0.4) is 0 Å². The Labute approximate surface area is 151 Å². The summed E-state index contributed by atoms with van der Waals surface area (Å²) in [5.41, 5.74) is 1.57. The van der Waals surface area contributed by atoms with E-state index in [2.05, 4.69) is 10.3 Å². The maximum Gasteiger partial charge on any atom is 0.321 e. The number of oxazole rings is 1. The highest BCUT2D eigenvalue weighted by Gasteiger charge is 2.55. The summed E-state index contributed by atoms with van der Waals surface area (Å²) in [5, 5.41) is 12.6. The Hall–Kier alpha value is -2.83. The Bertz CT molecular complexity index is 848. The molecule has 1 aliphatic heterocycles. The number of likely N-dealkylation sites (tertiary alicyclic amines) is 1. The van der Waals surface area contributed by atoms with E-state index in [0.29, 0.717) is 24.5 Å². The summed E-state index contributed by atoms with van der Waals surface area (Å²) in [6.45, 7) is 2.67. The topological polar surface area (TPSA) is 95.7 Å². The summed E-state index contributed by atoms with van der Waals surface area (Å²) in [6.07, 6.45) is 5.52. The second kappa shape index (κ2) is 6.16. The van der Waals surface area contributed by atoms with Crippen molar-refractivity contribution in [1.82, 2.24) is 9.88 Å². The minimum atomic E-state index is -0.780. The minimum Gasteiger partial charge on any atom is -0.481 e. The van der Waals surface area contributed by atoms with Crippen LogP contribution in [0.25, 0.3) is 11.5 Å². The van der Waals surface area contributed by atoms with Gasteiger partial charge in [0.2, 0.25) is 5.89 Å². The number of carboxylic acid groups (broad SMARTS) is 1. The number of aliphatic carboxylic acids is 1. The van der Waals surface area contributed by atoms with Crippen molar-refractivity contribution in [2.75, 3.05) is 18.4 Å². The molecule has 136 valence electrons. The quantitative estimate of drug-likeness (QED) is 0.880. The lowest BCUT2D eigenvalue weighted by Gasteiger charge is -2.23. The van der Waals surface area contributed by atoms with E-state index in [1.165, 1.54) is 6.26 Å². The zero-order chi connectivity index (χ0) is 18.3. The van der Waals surface area contributed by atoms with E-state index in [1.54, 1.807) is 11.1 Å². The highest BCUT2D eigenvalue weighted by molar-refractivity contribution is 5.92. The Morgan fingerprint density at radius 2 is 2.27 bits per heavy atom. The number of carboxylic acids is 1. The van der Waals surface area contributed by atoms with Crippen LogP contribution in [-0.2, 0) is 4.79 Å². The fourth-order valence-corrected chi connectivity index (χ4v) is 4.35. The van der Waals surface area contributed by atoms with Crippen LogP contribution in [0.4, 0.5) is 10.5 Å². The van der Waals surface area contributed by atoms with Gasteiger partial charge in [0.1, 0.15) is 6.26 Å². The number of aromatic nitrogens is 1. The average Bonchev–Trinajstić information content (AvgIpc) is 3.32. The lowest BCUT2D eigenvalue weighted by molar-refractivity contribution is -0.149. The fraction of sp³-hybridized carbons (Fsp3) is 0.421. The van der Waals surface area contributed by atoms with Crippen LogP contribution in [0.5, 0.6) is 0 Å². The van der Waals surface area contributed by atoms with Gasteiger partial charge in [-0.2, -0.15) is 0 Å². The van der Waals surface area contributed by atoms with Crippen molar-refractivity contribution in [2.24, 2.45) is 11.3 Å². The van der Waals surface area contributed by atoms with Crippen LogP contribution >= 0.6 is 0 Å². The number of nitrogens with one attached hydrogen (secondary N) is 1. The maximum absolute atomic E-state index is 12.7. The van der Waals surface area contributed by atoms with Crippen molar-refractivity contribution in [3.05, 3.63) is 36.2 Å². The number of carbonyl (C=O) groups excluding carboxylic acids is 1. The maximum atomic E-state index is 12.7. The summed E-state index contributed by atoms with van der Waals surface area (Å²) < 4.78 is 5.35. The first-order valence-electron chi connectivity index (χ1n) is 8.80. The van der Waals surface area contributed by atoms with Gasteiger partial charge >= 0.3 is 12.0 Å². The molecule has 0 unspecified atom stereocenters. The summed E-state index contributed by atoms with van der Waals surface area (Å²) in [4.78, 5) is 30.3. The van der Waals surface area contributed by atoms with Crippen molar-refractivity contribution in [2.45, 2.75) is 26.2 Å². The number of urea groups is 1. The second-order valence-corrected chi connectivity index (χ2v) is 7.18. The van der Waals surface area contributed by atoms with Crippen LogP contribution in [0.1, 0.15) is 24.8 Å².